The van der Waals surface area contributed by atoms with Gasteiger partial charge in [-0.1, -0.05) is 11.6 Å². The molecule has 1 aromatic rings. The van der Waals surface area contributed by atoms with Crippen LogP contribution in [0.25, 0.3) is 0 Å². The number of hydrogen-bond acceptors (Lipinski definition) is 4. The number of nitrogens with two attached hydrogens (primary N) is 1. The maximum Gasteiger partial charge on any atom is 0.271 e. The highest BCUT2D eigenvalue weighted by atomic mass is 35.5. The molecule has 2 aliphatic rings. The SMILES string of the molecule is NC1CC[C@@H]2CN(c3ccc([N+](=O)[O-])cc3Cl)C[C@@H]2C1. The molecule has 3 rings (SSSR count). The molecule has 1 saturated heterocycles. The van der Waals surface area contributed by atoms with E-state index in [2.05, 4.69) is 4.90 Å². The molecule has 3 atom stereocenters. The van der Waals surface area contributed by atoms with Crippen LogP contribution in [0.1, 0.15) is 19.3 Å². The van der Waals surface area contributed by atoms with Crippen LogP contribution in [0.2, 0.25) is 5.02 Å². The third-order valence-corrected chi connectivity index (χ3v) is 4.88. The van der Waals surface area contributed by atoms with Crippen molar-refractivity contribution in [1.29, 1.82) is 0 Å². The van der Waals surface area contributed by atoms with Crippen LogP contribution < -0.4 is 10.6 Å². The van der Waals surface area contributed by atoms with E-state index < -0.39 is 4.92 Å². The van der Waals surface area contributed by atoms with E-state index in [1.807, 2.05) is 0 Å². The molecule has 2 N–H and O–H groups in total. The minimum Gasteiger partial charge on any atom is -0.370 e. The maximum absolute atomic E-state index is 10.7. The first kappa shape index (κ1) is 13.6. The minimum atomic E-state index is -0.418. The Morgan fingerprint density at radius 2 is 2.05 bits per heavy atom. The van der Waals surface area contributed by atoms with E-state index in [4.69, 9.17) is 17.3 Å². The Bertz CT molecular complexity index is 537. The number of non-ortho nitro benzene ring substituents is 1. The number of hydrogen-bond donors (Lipinski definition) is 1. The van der Waals surface area contributed by atoms with Crippen LogP contribution >= 0.6 is 11.6 Å². The Morgan fingerprint density at radius 3 is 2.75 bits per heavy atom. The van der Waals surface area contributed by atoms with E-state index in [1.165, 1.54) is 18.6 Å². The Kier molecular flexibility index (Phi) is 3.56. The minimum absolute atomic E-state index is 0.0392. The molecular weight excluding hydrogens is 278 g/mol. The Morgan fingerprint density at radius 1 is 1.30 bits per heavy atom. The van der Waals surface area contributed by atoms with E-state index >= 15 is 0 Å². The van der Waals surface area contributed by atoms with Gasteiger partial charge in [0, 0.05) is 31.3 Å². The van der Waals surface area contributed by atoms with Crippen molar-refractivity contribution in [3.8, 4) is 0 Å². The number of rotatable bonds is 2. The Balaban J connectivity index is 1.79. The van der Waals surface area contributed by atoms with Gasteiger partial charge in [-0.2, -0.15) is 0 Å². The van der Waals surface area contributed by atoms with Gasteiger partial charge in [-0.25, -0.2) is 0 Å². The highest BCUT2D eigenvalue weighted by Crippen LogP contribution is 2.40. The quantitative estimate of drug-likeness (QED) is 0.672. The Hall–Kier alpha value is -1.33. The van der Waals surface area contributed by atoms with E-state index in [9.17, 15) is 10.1 Å². The van der Waals surface area contributed by atoms with Gasteiger partial charge in [0.2, 0.25) is 0 Å². The topological polar surface area (TPSA) is 72.4 Å². The van der Waals surface area contributed by atoms with Crippen LogP contribution in [0.15, 0.2) is 18.2 Å². The van der Waals surface area contributed by atoms with Crippen molar-refractivity contribution >= 4 is 23.0 Å². The van der Waals surface area contributed by atoms with E-state index in [0.717, 1.165) is 31.6 Å². The van der Waals surface area contributed by atoms with Crippen molar-refractivity contribution in [3.63, 3.8) is 0 Å². The molecule has 0 bridgehead atoms. The summed E-state index contributed by atoms with van der Waals surface area (Å²) in [5, 5.41) is 11.2. The van der Waals surface area contributed by atoms with Crippen molar-refractivity contribution in [2.75, 3.05) is 18.0 Å². The molecule has 0 radical (unpaired) electrons. The number of nitro benzene ring substituents is 1. The molecule has 0 spiro atoms. The van der Waals surface area contributed by atoms with Gasteiger partial charge in [0.1, 0.15) is 0 Å². The second-order valence-electron chi connectivity index (χ2n) is 5.89. The van der Waals surface area contributed by atoms with Crippen molar-refractivity contribution in [3.05, 3.63) is 33.3 Å². The number of anilines is 1. The van der Waals surface area contributed by atoms with Gasteiger partial charge in [0.25, 0.3) is 5.69 Å². The number of nitro groups is 1. The number of halogens is 1. The molecule has 0 amide bonds. The second kappa shape index (κ2) is 5.22. The lowest BCUT2D eigenvalue weighted by atomic mass is 9.79. The first-order valence-corrected chi connectivity index (χ1v) is 7.37. The maximum atomic E-state index is 10.7. The zero-order valence-corrected chi connectivity index (χ0v) is 11.9. The van der Waals surface area contributed by atoms with Gasteiger partial charge in [0.15, 0.2) is 0 Å². The van der Waals surface area contributed by atoms with Gasteiger partial charge >= 0.3 is 0 Å². The summed E-state index contributed by atoms with van der Waals surface area (Å²) in [4.78, 5) is 12.6. The first-order chi connectivity index (χ1) is 9.54. The summed E-state index contributed by atoms with van der Waals surface area (Å²) in [7, 11) is 0. The molecule has 0 aromatic heterocycles. The van der Waals surface area contributed by atoms with Crippen molar-refractivity contribution in [2.24, 2.45) is 17.6 Å². The fraction of sp³-hybridized carbons (Fsp3) is 0.571. The monoisotopic (exact) mass is 295 g/mol. The summed E-state index contributed by atoms with van der Waals surface area (Å²) in [5.41, 5.74) is 6.98. The molecular formula is C14H18ClN3O2. The van der Waals surface area contributed by atoms with Crippen molar-refractivity contribution in [1.82, 2.24) is 0 Å². The number of benzene rings is 1. The van der Waals surface area contributed by atoms with Crippen LogP contribution in [0.4, 0.5) is 11.4 Å². The fourth-order valence-electron chi connectivity index (χ4n) is 3.53. The van der Waals surface area contributed by atoms with Gasteiger partial charge in [-0.3, -0.25) is 10.1 Å². The van der Waals surface area contributed by atoms with E-state index in [0.29, 0.717) is 22.9 Å². The summed E-state index contributed by atoms with van der Waals surface area (Å²) >= 11 is 6.21. The van der Waals surface area contributed by atoms with Gasteiger partial charge < -0.3 is 10.6 Å². The summed E-state index contributed by atoms with van der Waals surface area (Å²) < 4.78 is 0. The lowest BCUT2D eigenvalue weighted by Gasteiger charge is -2.27. The summed E-state index contributed by atoms with van der Waals surface area (Å²) in [6.45, 7) is 1.94. The summed E-state index contributed by atoms with van der Waals surface area (Å²) in [6.07, 6.45) is 3.35. The molecule has 20 heavy (non-hydrogen) atoms. The predicted octanol–water partition coefficient (Wildman–Crippen LogP) is 2.81. The van der Waals surface area contributed by atoms with Crippen LogP contribution in [0, 0.1) is 22.0 Å². The van der Waals surface area contributed by atoms with Crippen molar-refractivity contribution in [2.45, 2.75) is 25.3 Å². The molecule has 1 aliphatic carbocycles. The standard InChI is InChI=1S/C14H18ClN3O2/c15-13-6-12(18(19)20)3-4-14(13)17-7-9-1-2-11(16)5-10(9)8-17/h3-4,6,9-11H,1-2,5,7-8,16H2/t9-,10+,11?/m1/s1. The number of fused-ring (bicyclic) bond motifs is 1. The highest BCUT2D eigenvalue weighted by Gasteiger charge is 2.37. The highest BCUT2D eigenvalue weighted by molar-refractivity contribution is 6.33. The van der Waals surface area contributed by atoms with Crippen molar-refractivity contribution < 1.29 is 4.92 Å². The number of nitrogens with zero attached hydrogens (tertiary/aromatic N) is 2. The molecule has 108 valence electrons. The smallest absolute Gasteiger partial charge is 0.271 e. The largest absolute Gasteiger partial charge is 0.370 e. The van der Waals surface area contributed by atoms with E-state index in [-0.39, 0.29) is 5.69 Å². The van der Waals surface area contributed by atoms with E-state index in [1.54, 1.807) is 6.07 Å². The van der Waals surface area contributed by atoms with Crippen LogP contribution in [-0.2, 0) is 0 Å². The van der Waals surface area contributed by atoms with Gasteiger partial charge in [-0.05, 0) is 37.2 Å². The first-order valence-electron chi connectivity index (χ1n) is 6.99. The zero-order chi connectivity index (χ0) is 14.3. The molecule has 2 fully saturated rings. The van der Waals surface area contributed by atoms with Crippen LogP contribution in [0.3, 0.4) is 0 Å². The average Bonchev–Trinajstić information content (AvgIpc) is 2.80. The van der Waals surface area contributed by atoms with Gasteiger partial charge in [-0.15, -0.1) is 0 Å². The molecule has 1 unspecified atom stereocenters. The van der Waals surface area contributed by atoms with Crippen LogP contribution in [0.5, 0.6) is 0 Å². The molecule has 1 aliphatic heterocycles. The fourth-order valence-corrected chi connectivity index (χ4v) is 3.82. The normalized spacial score (nSPS) is 29.3. The average molecular weight is 296 g/mol. The second-order valence-corrected chi connectivity index (χ2v) is 6.30. The Labute approximate surface area is 122 Å². The lowest BCUT2D eigenvalue weighted by Crippen LogP contribution is -2.32. The molecule has 6 heteroatoms. The van der Waals surface area contributed by atoms with Crippen LogP contribution in [-0.4, -0.2) is 24.1 Å². The molecule has 1 aromatic carbocycles. The third-order valence-electron chi connectivity index (χ3n) is 4.57. The van der Waals surface area contributed by atoms with Gasteiger partial charge in [0.05, 0.1) is 15.6 Å². The predicted molar refractivity (Wildman–Crippen MR) is 79.1 cm³/mol. The third kappa shape index (κ3) is 2.47. The molecule has 5 nitrogen and oxygen atoms in total. The lowest BCUT2D eigenvalue weighted by molar-refractivity contribution is -0.384. The zero-order valence-electron chi connectivity index (χ0n) is 11.2. The summed E-state index contributed by atoms with van der Waals surface area (Å²) in [6, 6.07) is 5.04. The molecule has 1 saturated carbocycles. The summed E-state index contributed by atoms with van der Waals surface area (Å²) in [5.74, 6) is 1.31. The molecule has 1 heterocycles.